The van der Waals surface area contributed by atoms with E-state index >= 15 is 0 Å². The quantitative estimate of drug-likeness (QED) is 0.553. The second-order valence-corrected chi connectivity index (χ2v) is 5.84. The number of hydrogen-bond donors (Lipinski definition) is 0. The second kappa shape index (κ2) is 8.42. The zero-order chi connectivity index (χ0) is 8.49. The monoisotopic (exact) mass is 206 g/mol. The zero-order valence-electron chi connectivity index (χ0n) is 7.77. The van der Waals surface area contributed by atoms with Gasteiger partial charge in [0.15, 0.2) is 0 Å². The summed E-state index contributed by atoms with van der Waals surface area (Å²) in [6.07, 6.45) is 11.6. The Morgan fingerprint density at radius 3 is 1.67 bits per heavy atom. The summed E-state index contributed by atoms with van der Waals surface area (Å²) in [7, 11) is 2.10. The van der Waals surface area contributed by atoms with Crippen LogP contribution in [0.1, 0.15) is 32.1 Å². The third-order valence-electron chi connectivity index (χ3n) is 2.08. The molecule has 2 heterocycles. The maximum Gasteiger partial charge on any atom is 0.0505 e. The lowest BCUT2D eigenvalue weighted by Gasteiger charge is -2.07. The van der Waals surface area contributed by atoms with E-state index in [2.05, 4.69) is 0 Å². The van der Waals surface area contributed by atoms with Gasteiger partial charge >= 0.3 is 0 Å². The predicted molar refractivity (Wildman–Crippen MR) is 60.3 cm³/mol. The molecule has 2 aliphatic rings. The minimum atomic E-state index is 0.802. The smallest absolute Gasteiger partial charge is 0.0505 e. The molecule has 2 fully saturated rings. The van der Waals surface area contributed by atoms with Gasteiger partial charge in [-0.25, -0.2) is 0 Å². The van der Waals surface area contributed by atoms with Gasteiger partial charge < -0.3 is 4.52 Å². The zero-order valence-corrected chi connectivity index (χ0v) is 9.77. The van der Waals surface area contributed by atoms with E-state index < -0.39 is 0 Å². The molecule has 72 valence electrons. The molecule has 0 bridgehead atoms. The van der Waals surface area contributed by atoms with Gasteiger partial charge in [-0.15, -0.1) is 8.58 Å². The molecule has 1 atom stereocenters. The highest BCUT2D eigenvalue weighted by molar-refractivity contribution is 7.38. The Kier molecular flexibility index (Phi) is 7.65. The lowest BCUT2D eigenvalue weighted by atomic mass is 10.3. The van der Waals surface area contributed by atoms with Gasteiger partial charge in [0.25, 0.3) is 0 Å². The van der Waals surface area contributed by atoms with Crippen LogP contribution in [0.3, 0.4) is 0 Å². The minimum Gasteiger partial charge on any atom is -0.362 e. The van der Waals surface area contributed by atoms with Crippen molar-refractivity contribution in [3.63, 3.8) is 0 Å². The molecule has 0 N–H and O–H groups in total. The molecule has 0 aromatic carbocycles. The molecule has 12 heavy (non-hydrogen) atoms. The Hall–Kier alpha value is 0.820. The van der Waals surface area contributed by atoms with Crippen molar-refractivity contribution in [3.05, 3.63) is 0 Å². The van der Waals surface area contributed by atoms with Gasteiger partial charge in [-0.05, 0) is 44.2 Å². The van der Waals surface area contributed by atoms with E-state index in [1.165, 1.54) is 59.2 Å². The summed E-state index contributed by atoms with van der Waals surface area (Å²) in [5.74, 6) is 0. The van der Waals surface area contributed by atoms with E-state index in [-0.39, 0.29) is 0 Å². The molecule has 0 aliphatic carbocycles. The first-order valence-electron chi connectivity index (χ1n) is 5.05. The SMILES string of the molecule is C1CCPCC1.C1CCPOC1. The third-order valence-corrected chi connectivity index (χ3v) is 4.46. The standard InChI is InChI=1S/C5H11P.C4H9OP/c2*1-2-4-6-5-3-1/h6H,1-5H2;6H,1-4H2. The van der Waals surface area contributed by atoms with Crippen LogP contribution in [0.25, 0.3) is 0 Å². The van der Waals surface area contributed by atoms with Gasteiger partial charge in [0.1, 0.15) is 0 Å². The topological polar surface area (TPSA) is 9.23 Å². The van der Waals surface area contributed by atoms with Crippen molar-refractivity contribution in [2.75, 3.05) is 25.1 Å². The normalized spacial score (nSPS) is 26.0. The van der Waals surface area contributed by atoms with Crippen molar-refractivity contribution >= 4 is 17.4 Å². The van der Waals surface area contributed by atoms with Crippen molar-refractivity contribution in [1.82, 2.24) is 0 Å². The van der Waals surface area contributed by atoms with Crippen LogP contribution >= 0.6 is 17.4 Å². The first kappa shape index (κ1) is 10.9. The highest BCUT2D eigenvalue weighted by atomic mass is 31.1. The molecule has 0 saturated carbocycles. The first-order chi connectivity index (χ1) is 6.00. The van der Waals surface area contributed by atoms with Crippen LogP contribution in [0, 0.1) is 0 Å². The molecule has 0 radical (unpaired) electrons. The summed E-state index contributed by atoms with van der Waals surface area (Å²) in [6, 6.07) is 0. The van der Waals surface area contributed by atoms with Crippen molar-refractivity contribution < 1.29 is 4.52 Å². The van der Waals surface area contributed by atoms with Crippen LogP contribution in [-0.4, -0.2) is 25.1 Å². The average Bonchev–Trinajstić information content (AvgIpc) is 2.24. The van der Waals surface area contributed by atoms with E-state index in [0.717, 1.165) is 15.4 Å². The molecule has 3 heteroatoms. The molecular weight excluding hydrogens is 186 g/mol. The Bertz CT molecular complexity index is 55.5. The Morgan fingerprint density at radius 1 is 0.750 bits per heavy atom. The summed E-state index contributed by atoms with van der Waals surface area (Å²) < 4.78 is 5.10. The van der Waals surface area contributed by atoms with Gasteiger partial charge in [-0.3, -0.25) is 0 Å². The van der Waals surface area contributed by atoms with Gasteiger partial charge in [0, 0.05) is 8.81 Å². The van der Waals surface area contributed by atoms with E-state index in [0.29, 0.717) is 0 Å². The van der Waals surface area contributed by atoms with Crippen molar-refractivity contribution in [1.29, 1.82) is 0 Å². The maximum atomic E-state index is 5.10. The second-order valence-electron chi connectivity index (χ2n) is 3.26. The summed E-state index contributed by atoms with van der Waals surface area (Å²) in [4.78, 5) is 0. The van der Waals surface area contributed by atoms with Crippen molar-refractivity contribution in [2.24, 2.45) is 0 Å². The summed E-state index contributed by atoms with van der Waals surface area (Å²) in [5, 5.41) is 0. The first-order valence-corrected chi connectivity index (χ1v) is 7.58. The molecule has 0 aromatic heterocycles. The molecule has 0 aromatic rings. The van der Waals surface area contributed by atoms with E-state index in [1.807, 2.05) is 0 Å². The fourth-order valence-corrected chi connectivity index (χ4v) is 3.39. The molecule has 0 amide bonds. The molecule has 2 aliphatic heterocycles. The maximum absolute atomic E-state index is 5.10. The summed E-state index contributed by atoms with van der Waals surface area (Å²) in [5.41, 5.74) is 0. The van der Waals surface area contributed by atoms with E-state index in [9.17, 15) is 0 Å². The minimum absolute atomic E-state index is 0.802. The van der Waals surface area contributed by atoms with Crippen LogP contribution in [0.5, 0.6) is 0 Å². The highest BCUT2D eigenvalue weighted by Gasteiger charge is 1.95. The number of hydrogen-bond acceptors (Lipinski definition) is 1. The highest BCUT2D eigenvalue weighted by Crippen LogP contribution is 2.21. The molecule has 2 rings (SSSR count). The lowest BCUT2D eigenvalue weighted by molar-refractivity contribution is 0.334. The van der Waals surface area contributed by atoms with Crippen LogP contribution in [0.15, 0.2) is 0 Å². The van der Waals surface area contributed by atoms with E-state index in [4.69, 9.17) is 4.52 Å². The average molecular weight is 206 g/mol. The van der Waals surface area contributed by atoms with Gasteiger partial charge in [-0.1, -0.05) is 6.42 Å². The van der Waals surface area contributed by atoms with Crippen LogP contribution < -0.4 is 0 Å². The largest absolute Gasteiger partial charge is 0.362 e. The number of rotatable bonds is 0. The van der Waals surface area contributed by atoms with Crippen LogP contribution in [0.2, 0.25) is 0 Å². The molecule has 0 spiro atoms. The third kappa shape index (κ3) is 6.35. The molecule has 1 unspecified atom stereocenters. The fourth-order valence-electron chi connectivity index (χ4n) is 1.32. The van der Waals surface area contributed by atoms with Gasteiger partial charge in [0.05, 0.1) is 6.61 Å². The van der Waals surface area contributed by atoms with Crippen molar-refractivity contribution in [3.8, 4) is 0 Å². The fraction of sp³-hybridized carbons (Fsp3) is 1.00. The van der Waals surface area contributed by atoms with Crippen LogP contribution in [0.4, 0.5) is 0 Å². The van der Waals surface area contributed by atoms with Crippen molar-refractivity contribution in [2.45, 2.75) is 32.1 Å². The Balaban J connectivity index is 0.000000120. The summed E-state index contributed by atoms with van der Waals surface area (Å²) in [6.45, 7) is 1.01. The predicted octanol–water partition coefficient (Wildman–Crippen LogP) is 3.24. The van der Waals surface area contributed by atoms with Gasteiger partial charge in [-0.2, -0.15) is 0 Å². The molecule has 1 nitrogen and oxygen atoms in total. The Morgan fingerprint density at radius 2 is 1.50 bits per heavy atom. The van der Waals surface area contributed by atoms with Gasteiger partial charge in [0.2, 0.25) is 0 Å². The van der Waals surface area contributed by atoms with E-state index in [1.54, 1.807) is 0 Å². The molecular formula is C9H20OP2. The summed E-state index contributed by atoms with van der Waals surface area (Å²) >= 11 is 0. The Labute approximate surface area is 79.7 Å². The lowest BCUT2D eigenvalue weighted by Crippen LogP contribution is -1.93. The van der Waals surface area contributed by atoms with Crippen LogP contribution in [-0.2, 0) is 4.52 Å². The molecule has 2 saturated heterocycles.